The molecular formula is C29H41F. The first-order chi connectivity index (χ1) is 14.6. The van der Waals surface area contributed by atoms with Gasteiger partial charge in [-0.25, -0.2) is 4.39 Å². The van der Waals surface area contributed by atoms with Crippen LogP contribution in [0.5, 0.6) is 0 Å². The third-order valence-corrected chi connectivity index (χ3v) is 7.35. The maximum atomic E-state index is 14.7. The van der Waals surface area contributed by atoms with Crippen LogP contribution in [0.15, 0.2) is 42.5 Å². The Morgan fingerprint density at radius 2 is 1.50 bits per heavy atom. The number of halogens is 1. The van der Waals surface area contributed by atoms with E-state index < -0.39 is 0 Å². The van der Waals surface area contributed by atoms with Crippen molar-refractivity contribution in [1.29, 1.82) is 0 Å². The SMILES string of the molecule is CCCCC1CCC(CCc2ccc(-c3ccc(CC(C)CC)cc3F)cc2)CC1. The van der Waals surface area contributed by atoms with Gasteiger partial charge in [0.05, 0.1) is 0 Å². The average Bonchev–Trinajstić information content (AvgIpc) is 2.77. The summed E-state index contributed by atoms with van der Waals surface area (Å²) in [7, 11) is 0. The lowest BCUT2D eigenvalue weighted by Gasteiger charge is -2.28. The molecule has 0 N–H and O–H groups in total. The van der Waals surface area contributed by atoms with Crippen LogP contribution in [0.2, 0.25) is 0 Å². The van der Waals surface area contributed by atoms with Gasteiger partial charge in [-0.2, -0.15) is 0 Å². The molecule has 1 heteroatoms. The normalized spacial score (nSPS) is 20.3. The van der Waals surface area contributed by atoms with E-state index in [1.807, 2.05) is 6.07 Å². The van der Waals surface area contributed by atoms with Crippen molar-refractivity contribution >= 4 is 0 Å². The van der Waals surface area contributed by atoms with Crippen molar-refractivity contribution in [1.82, 2.24) is 0 Å². The summed E-state index contributed by atoms with van der Waals surface area (Å²) >= 11 is 0. The van der Waals surface area contributed by atoms with E-state index in [9.17, 15) is 4.39 Å². The zero-order valence-corrected chi connectivity index (χ0v) is 19.4. The number of unbranched alkanes of at least 4 members (excludes halogenated alkanes) is 1. The Balaban J connectivity index is 1.50. The van der Waals surface area contributed by atoms with Gasteiger partial charge in [0.25, 0.3) is 0 Å². The first-order valence-electron chi connectivity index (χ1n) is 12.5. The van der Waals surface area contributed by atoms with Crippen molar-refractivity contribution in [3.8, 4) is 11.1 Å². The van der Waals surface area contributed by atoms with E-state index in [-0.39, 0.29) is 5.82 Å². The average molecular weight is 409 g/mol. The molecule has 0 amide bonds. The molecule has 1 fully saturated rings. The zero-order valence-electron chi connectivity index (χ0n) is 19.4. The fourth-order valence-corrected chi connectivity index (χ4v) is 4.99. The summed E-state index contributed by atoms with van der Waals surface area (Å²) in [6, 6.07) is 14.4. The molecule has 0 aliphatic heterocycles. The summed E-state index contributed by atoms with van der Waals surface area (Å²) in [5, 5.41) is 0. The molecule has 30 heavy (non-hydrogen) atoms. The Bertz CT molecular complexity index is 752. The highest BCUT2D eigenvalue weighted by Gasteiger charge is 2.20. The number of benzene rings is 2. The Labute approximate surface area is 184 Å². The fourth-order valence-electron chi connectivity index (χ4n) is 4.99. The molecule has 0 bridgehead atoms. The van der Waals surface area contributed by atoms with Crippen LogP contribution in [-0.2, 0) is 12.8 Å². The second-order valence-electron chi connectivity index (χ2n) is 9.80. The largest absolute Gasteiger partial charge is 0.206 e. The predicted octanol–water partition coefficient (Wildman–Crippen LogP) is 9.01. The summed E-state index contributed by atoms with van der Waals surface area (Å²) in [6.45, 7) is 6.71. The van der Waals surface area contributed by atoms with Gasteiger partial charge in [-0.3, -0.25) is 0 Å². The van der Waals surface area contributed by atoms with E-state index in [1.165, 1.54) is 56.9 Å². The smallest absolute Gasteiger partial charge is 0.131 e. The van der Waals surface area contributed by atoms with E-state index in [0.29, 0.717) is 5.92 Å². The van der Waals surface area contributed by atoms with Gasteiger partial charge in [-0.1, -0.05) is 109 Å². The molecule has 0 spiro atoms. The molecule has 0 heterocycles. The third-order valence-electron chi connectivity index (χ3n) is 7.35. The van der Waals surface area contributed by atoms with Gasteiger partial charge in [-0.05, 0) is 59.8 Å². The van der Waals surface area contributed by atoms with Gasteiger partial charge in [0.15, 0.2) is 0 Å². The molecule has 3 rings (SSSR count). The quantitative estimate of drug-likeness (QED) is 0.368. The van der Waals surface area contributed by atoms with E-state index in [4.69, 9.17) is 0 Å². The molecule has 2 aromatic carbocycles. The van der Waals surface area contributed by atoms with Gasteiger partial charge in [0.1, 0.15) is 5.82 Å². The van der Waals surface area contributed by atoms with Crippen LogP contribution in [-0.4, -0.2) is 0 Å². The summed E-state index contributed by atoms with van der Waals surface area (Å²) in [5.74, 6) is 2.40. The van der Waals surface area contributed by atoms with Crippen molar-refractivity contribution in [2.45, 2.75) is 91.4 Å². The Kier molecular flexibility index (Phi) is 8.97. The minimum Gasteiger partial charge on any atom is -0.206 e. The molecule has 0 nitrogen and oxygen atoms in total. The topological polar surface area (TPSA) is 0 Å². The first-order valence-corrected chi connectivity index (χ1v) is 12.5. The highest BCUT2D eigenvalue weighted by Crippen LogP contribution is 2.34. The Hall–Kier alpha value is -1.63. The van der Waals surface area contributed by atoms with Gasteiger partial charge in [0, 0.05) is 5.56 Å². The highest BCUT2D eigenvalue weighted by molar-refractivity contribution is 5.64. The summed E-state index contributed by atoms with van der Waals surface area (Å²) in [6.07, 6.45) is 14.4. The van der Waals surface area contributed by atoms with Gasteiger partial charge < -0.3 is 0 Å². The maximum absolute atomic E-state index is 14.7. The second-order valence-corrected chi connectivity index (χ2v) is 9.80. The minimum absolute atomic E-state index is 0.0941. The number of rotatable bonds is 10. The van der Waals surface area contributed by atoms with Crippen LogP contribution in [0.4, 0.5) is 4.39 Å². The zero-order chi connectivity index (χ0) is 21.3. The lowest BCUT2D eigenvalue weighted by molar-refractivity contribution is 0.250. The van der Waals surface area contributed by atoms with E-state index in [1.54, 1.807) is 6.07 Å². The van der Waals surface area contributed by atoms with Crippen molar-refractivity contribution < 1.29 is 4.39 Å². The first kappa shape index (κ1) is 23.0. The Morgan fingerprint density at radius 3 is 2.10 bits per heavy atom. The molecule has 0 aromatic heterocycles. The van der Waals surface area contributed by atoms with Crippen LogP contribution in [0.3, 0.4) is 0 Å². The third kappa shape index (κ3) is 6.69. The summed E-state index contributed by atoms with van der Waals surface area (Å²) in [5.41, 5.74) is 4.20. The lowest BCUT2D eigenvalue weighted by Crippen LogP contribution is -2.15. The van der Waals surface area contributed by atoms with Crippen molar-refractivity contribution in [2.24, 2.45) is 17.8 Å². The van der Waals surface area contributed by atoms with Crippen LogP contribution < -0.4 is 0 Å². The standard InChI is InChI=1S/C29H41F/c1-4-6-7-23-8-10-24(11-9-23)12-13-25-14-17-27(18-15-25)28-19-16-26(21-29(28)30)20-22(3)5-2/h14-19,21-24H,4-13,20H2,1-3H3. The Morgan fingerprint density at radius 1 is 0.867 bits per heavy atom. The van der Waals surface area contributed by atoms with E-state index >= 15 is 0 Å². The van der Waals surface area contributed by atoms with Crippen LogP contribution in [0, 0.1) is 23.6 Å². The number of hydrogen-bond donors (Lipinski definition) is 0. The molecular weight excluding hydrogens is 367 g/mol. The molecule has 0 saturated heterocycles. The number of aryl methyl sites for hydroxylation is 1. The van der Waals surface area contributed by atoms with Crippen molar-refractivity contribution in [3.05, 3.63) is 59.4 Å². The van der Waals surface area contributed by atoms with Crippen LogP contribution in [0.25, 0.3) is 11.1 Å². The molecule has 1 atom stereocenters. The van der Waals surface area contributed by atoms with Gasteiger partial charge in [0.2, 0.25) is 0 Å². The van der Waals surface area contributed by atoms with E-state index in [0.717, 1.165) is 47.8 Å². The molecule has 1 aliphatic carbocycles. The monoisotopic (exact) mass is 408 g/mol. The molecule has 0 radical (unpaired) electrons. The van der Waals surface area contributed by atoms with E-state index in [2.05, 4.69) is 51.1 Å². The molecule has 164 valence electrons. The van der Waals surface area contributed by atoms with Crippen LogP contribution >= 0.6 is 0 Å². The molecule has 1 unspecified atom stereocenters. The summed E-state index contributed by atoms with van der Waals surface area (Å²) < 4.78 is 14.7. The summed E-state index contributed by atoms with van der Waals surface area (Å²) in [4.78, 5) is 0. The lowest BCUT2D eigenvalue weighted by atomic mass is 9.78. The minimum atomic E-state index is -0.0941. The predicted molar refractivity (Wildman–Crippen MR) is 128 cm³/mol. The fraction of sp³-hybridized carbons (Fsp3) is 0.586. The van der Waals surface area contributed by atoms with Crippen molar-refractivity contribution in [2.75, 3.05) is 0 Å². The van der Waals surface area contributed by atoms with Crippen LogP contribution in [0.1, 0.15) is 89.7 Å². The maximum Gasteiger partial charge on any atom is 0.131 e. The van der Waals surface area contributed by atoms with Gasteiger partial charge in [-0.15, -0.1) is 0 Å². The molecule has 1 aliphatic rings. The highest BCUT2D eigenvalue weighted by atomic mass is 19.1. The molecule has 2 aromatic rings. The number of hydrogen-bond acceptors (Lipinski definition) is 0. The second kappa shape index (κ2) is 11.7. The van der Waals surface area contributed by atoms with Gasteiger partial charge >= 0.3 is 0 Å². The molecule has 1 saturated carbocycles. The van der Waals surface area contributed by atoms with Crippen molar-refractivity contribution in [3.63, 3.8) is 0 Å².